The summed E-state index contributed by atoms with van der Waals surface area (Å²) in [6.07, 6.45) is 7.11. The van der Waals surface area contributed by atoms with Crippen molar-refractivity contribution in [2.24, 2.45) is 5.92 Å². The van der Waals surface area contributed by atoms with Crippen LogP contribution in [0.3, 0.4) is 0 Å². The lowest BCUT2D eigenvalue weighted by molar-refractivity contribution is 0.509. The Morgan fingerprint density at radius 1 is 1.41 bits per heavy atom. The molecule has 0 spiro atoms. The van der Waals surface area contributed by atoms with Crippen molar-refractivity contribution in [1.29, 1.82) is 0 Å². The molecule has 1 aliphatic carbocycles. The van der Waals surface area contributed by atoms with E-state index in [0.717, 1.165) is 35.0 Å². The molecule has 3 heterocycles. The minimum atomic E-state index is 0.00187. The summed E-state index contributed by atoms with van der Waals surface area (Å²) in [6, 6.07) is 2.04. The standard InChI is InChI=1S/C17H16N2OS2/c1-10-2-4-12-13(8-10)22-17-15(12)16(20)18-14(19-17)5-3-11-6-7-21-9-11/h3,5-7,9-10H,2,4,8H2,1H3,(H,18,19,20)/b5-3+/t10-/m1/s1. The summed E-state index contributed by atoms with van der Waals surface area (Å²) in [5, 5.41) is 4.92. The van der Waals surface area contributed by atoms with E-state index in [2.05, 4.69) is 22.3 Å². The molecular weight excluding hydrogens is 312 g/mol. The lowest BCUT2D eigenvalue weighted by Crippen LogP contribution is -2.13. The summed E-state index contributed by atoms with van der Waals surface area (Å²) >= 11 is 3.35. The first-order valence-electron chi connectivity index (χ1n) is 7.45. The predicted molar refractivity (Wildman–Crippen MR) is 94.7 cm³/mol. The maximum atomic E-state index is 12.5. The molecule has 0 aromatic carbocycles. The van der Waals surface area contributed by atoms with Gasteiger partial charge in [-0.05, 0) is 59.2 Å². The molecule has 4 rings (SSSR count). The SMILES string of the molecule is C[C@@H]1CCc2c(sc3nc(/C=C/c4ccsc4)[nH]c(=O)c23)C1. The normalized spacial score (nSPS) is 18.1. The van der Waals surface area contributed by atoms with Gasteiger partial charge in [0.25, 0.3) is 5.56 Å². The van der Waals surface area contributed by atoms with Crippen LogP contribution in [-0.2, 0) is 12.8 Å². The van der Waals surface area contributed by atoms with Crippen LogP contribution in [-0.4, -0.2) is 9.97 Å². The summed E-state index contributed by atoms with van der Waals surface area (Å²) < 4.78 is 0. The summed E-state index contributed by atoms with van der Waals surface area (Å²) in [5.74, 6) is 1.34. The van der Waals surface area contributed by atoms with Gasteiger partial charge in [0.15, 0.2) is 0 Å². The van der Waals surface area contributed by atoms with E-state index in [-0.39, 0.29) is 5.56 Å². The molecule has 0 amide bonds. The maximum absolute atomic E-state index is 12.5. The molecule has 3 aromatic heterocycles. The van der Waals surface area contributed by atoms with E-state index in [1.54, 1.807) is 22.7 Å². The number of nitrogens with zero attached hydrogens (tertiary/aromatic N) is 1. The molecule has 0 saturated carbocycles. The fourth-order valence-electron chi connectivity index (χ4n) is 2.99. The number of hydrogen-bond donors (Lipinski definition) is 1. The molecule has 0 unspecified atom stereocenters. The molecule has 1 N–H and O–H groups in total. The van der Waals surface area contributed by atoms with Crippen molar-refractivity contribution < 1.29 is 0 Å². The van der Waals surface area contributed by atoms with Crippen LogP contribution in [0, 0.1) is 5.92 Å². The molecule has 22 heavy (non-hydrogen) atoms. The highest BCUT2D eigenvalue weighted by Gasteiger charge is 2.22. The molecule has 1 aliphatic rings. The van der Waals surface area contributed by atoms with E-state index < -0.39 is 0 Å². The molecule has 0 bridgehead atoms. The van der Waals surface area contributed by atoms with Crippen LogP contribution in [0.2, 0.25) is 0 Å². The second kappa shape index (κ2) is 5.48. The summed E-state index contributed by atoms with van der Waals surface area (Å²) in [7, 11) is 0. The smallest absolute Gasteiger partial charge is 0.260 e. The number of thiophene rings is 2. The molecule has 0 radical (unpaired) electrons. The number of aromatic amines is 1. The van der Waals surface area contributed by atoms with Gasteiger partial charge in [-0.1, -0.05) is 13.0 Å². The van der Waals surface area contributed by atoms with Gasteiger partial charge in [-0.25, -0.2) is 4.98 Å². The number of nitrogens with one attached hydrogen (secondary N) is 1. The Labute approximate surface area is 136 Å². The zero-order chi connectivity index (χ0) is 15.1. The molecule has 0 aliphatic heterocycles. The van der Waals surface area contributed by atoms with E-state index in [4.69, 9.17) is 0 Å². The molecule has 3 aromatic rings. The van der Waals surface area contributed by atoms with Crippen molar-refractivity contribution in [3.05, 3.63) is 49.0 Å². The Bertz CT molecular complexity index is 903. The zero-order valence-electron chi connectivity index (χ0n) is 12.3. The number of aryl methyl sites for hydroxylation is 1. The van der Waals surface area contributed by atoms with Crippen molar-refractivity contribution in [3.8, 4) is 0 Å². The zero-order valence-corrected chi connectivity index (χ0v) is 13.9. The van der Waals surface area contributed by atoms with Crippen LogP contribution in [0.1, 0.15) is 35.2 Å². The fourth-order valence-corrected chi connectivity index (χ4v) is 5.01. The Morgan fingerprint density at radius 3 is 3.14 bits per heavy atom. The Morgan fingerprint density at radius 2 is 2.32 bits per heavy atom. The molecular formula is C17H16N2OS2. The first-order valence-corrected chi connectivity index (χ1v) is 9.21. The van der Waals surface area contributed by atoms with E-state index in [1.807, 2.05) is 23.6 Å². The third kappa shape index (κ3) is 2.44. The molecule has 1 atom stereocenters. The first-order chi connectivity index (χ1) is 10.7. The van der Waals surface area contributed by atoms with Gasteiger partial charge >= 0.3 is 0 Å². The van der Waals surface area contributed by atoms with Crippen molar-refractivity contribution in [3.63, 3.8) is 0 Å². The van der Waals surface area contributed by atoms with E-state index in [9.17, 15) is 4.79 Å². The lowest BCUT2D eigenvalue weighted by atomic mass is 9.89. The van der Waals surface area contributed by atoms with Crippen LogP contribution in [0.15, 0.2) is 21.6 Å². The van der Waals surface area contributed by atoms with Gasteiger partial charge in [-0.3, -0.25) is 4.79 Å². The summed E-state index contributed by atoms with van der Waals surface area (Å²) in [6.45, 7) is 2.28. The second-order valence-electron chi connectivity index (χ2n) is 5.87. The largest absolute Gasteiger partial charge is 0.306 e. The van der Waals surface area contributed by atoms with Gasteiger partial charge in [-0.15, -0.1) is 11.3 Å². The highest BCUT2D eigenvalue weighted by atomic mass is 32.1. The van der Waals surface area contributed by atoms with Gasteiger partial charge in [0.2, 0.25) is 0 Å². The summed E-state index contributed by atoms with van der Waals surface area (Å²) in [4.78, 5) is 22.3. The van der Waals surface area contributed by atoms with Crippen LogP contribution in [0.5, 0.6) is 0 Å². The first kappa shape index (κ1) is 13.9. The monoisotopic (exact) mass is 328 g/mol. The highest BCUT2D eigenvalue weighted by Crippen LogP contribution is 2.35. The Kier molecular flexibility index (Phi) is 3.47. The molecule has 5 heteroatoms. The van der Waals surface area contributed by atoms with Crippen molar-refractivity contribution in [2.75, 3.05) is 0 Å². The van der Waals surface area contributed by atoms with Crippen molar-refractivity contribution >= 4 is 45.0 Å². The third-order valence-corrected chi connectivity index (χ3v) is 6.01. The minimum Gasteiger partial charge on any atom is -0.306 e. The topological polar surface area (TPSA) is 45.8 Å². The third-order valence-electron chi connectivity index (χ3n) is 4.16. The molecule has 3 nitrogen and oxygen atoms in total. The molecule has 0 saturated heterocycles. The van der Waals surface area contributed by atoms with E-state index >= 15 is 0 Å². The van der Waals surface area contributed by atoms with Gasteiger partial charge in [-0.2, -0.15) is 11.3 Å². The Hall–Kier alpha value is -1.72. The van der Waals surface area contributed by atoms with E-state index in [1.165, 1.54) is 10.4 Å². The van der Waals surface area contributed by atoms with Crippen LogP contribution >= 0.6 is 22.7 Å². The average Bonchev–Trinajstić information content (AvgIpc) is 3.11. The maximum Gasteiger partial charge on any atom is 0.260 e. The molecule has 0 fully saturated rings. The number of hydrogen-bond acceptors (Lipinski definition) is 4. The van der Waals surface area contributed by atoms with Gasteiger partial charge < -0.3 is 4.98 Å². The summed E-state index contributed by atoms with van der Waals surface area (Å²) in [5.41, 5.74) is 2.37. The van der Waals surface area contributed by atoms with Crippen LogP contribution in [0.25, 0.3) is 22.4 Å². The lowest BCUT2D eigenvalue weighted by Gasteiger charge is -2.17. The number of fused-ring (bicyclic) bond motifs is 3. The van der Waals surface area contributed by atoms with E-state index in [0.29, 0.717) is 11.7 Å². The van der Waals surface area contributed by atoms with Crippen molar-refractivity contribution in [1.82, 2.24) is 9.97 Å². The second-order valence-corrected chi connectivity index (χ2v) is 7.74. The number of rotatable bonds is 2. The average molecular weight is 328 g/mol. The predicted octanol–water partition coefficient (Wildman–Crippen LogP) is 4.34. The van der Waals surface area contributed by atoms with Crippen LogP contribution in [0.4, 0.5) is 0 Å². The molecule has 112 valence electrons. The number of H-pyrrole nitrogens is 1. The quantitative estimate of drug-likeness (QED) is 0.760. The number of aromatic nitrogens is 2. The van der Waals surface area contributed by atoms with Gasteiger partial charge in [0, 0.05) is 4.88 Å². The Balaban J connectivity index is 1.79. The van der Waals surface area contributed by atoms with Crippen LogP contribution < -0.4 is 5.56 Å². The van der Waals surface area contributed by atoms with Crippen molar-refractivity contribution in [2.45, 2.75) is 26.2 Å². The fraction of sp³-hybridized carbons (Fsp3) is 0.294. The van der Waals surface area contributed by atoms with Gasteiger partial charge in [0.1, 0.15) is 10.7 Å². The highest BCUT2D eigenvalue weighted by molar-refractivity contribution is 7.18. The minimum absolute atomic E-state index is 0.00187. The van der Waals surface area contributed by atoms with Gasteiger partial charge in [0.05, 0.1) is 5.39 Å².